The van der Waals surface area contributed by atoms with E-state index in [-0.39, 0.29) is 5.91 Å². The van der Waals surface area contributed by atoms with Crippen molar-refractivity contribution in [2.45, 2.75) is 26.5 Å². The van der Waals surface area contributed by atoms with Crippen LogP contribution in [-0.4, -0.2) is 24.8 Å². The zero-order valence-electron chi connectivity index (χ0n) is 14.6. The lowest BCUT2D eigenvalue weighted by molar-refractivity contribution is -0.118. The Kier molecular flexibility index (Phi) is 7.19. The van der Waals surface area contributed by atoms with Crippen molar-refractivity contribution >= 4 is 17.7 Å². The number of carbonyl (C=O) groups excluding carboxylic acids is 1. The van der Waals surface area contributed by atoms with Gasteiger partial charge in [-0.1, -0.05) is 30.3 Å². The monoisotopic (exact) mass is 343 g/mol. The first-order valence-corrected chi connectivity index (χ1v) is 9.31. The normalized spacial score (nSPS) is 10.5. The molecule has 1 amide bonds. The molecule has 2 rings (SSSR count). The van der Waals surface area contributed by atoms with E-state index in [1.807, 2.05) is 30.3 Å². The van der Waals surface area contributed by atoms with Crippen LogP contribution < -0.4 is 10.1 Å². The Morgan fingerprint density at radius 1 is 1.04 bits per heavy atom. The second-order valence-corrected chi connectivity index (χ2v) is 6.85. The molecule has 0 radical (unpaired) electrons. The van der Waals surface area contributed by atoms with Gasteiger partial charge < -0.3 is 10.1 Å². The molecular formula is C20H25NO2S. The molecular weight excluding hydrogens is 318 g/mol. The molecule has 1 N–H and O–H groups in total. The Bertz CT molecular complexity index is 685. The lowest BCUT2D eigenvalue weighted by Crippen LogP contribution is -2.29. The van der Waals surface area contributed by atoms with Crippen molar-refractivity contribution in [2.75, 3.05) is 18.9 Å². The molecule has 0 unspecified atom stereocenters. The van der Waals surface area contributed by atoms with Crippen LogP contribution in [0.4, 0.5) is 0 Å². The fourth-order valence-corrected chi connectivity index (χ4v) is 3.17. The first-order chi connectivity index (χ1) is 11.6. The molecule has 0 saturated carbocycles. The van der Waals surface area contributed by atoms with Crippen LogP contribution >= 0.6 is 11.8 Å². The highest BCUT2D eigenvalue weighted by molar-refractivity contribution is 7.99. The summed E-state index contributed by atoms with van der Waals surface area (Å²) in [5, 5.41) is 2.90. The molecule has 0 atom stereocenters. The highest BCUT2D eigenvalue weighted by atomic mass is 32.2. The summed E-state index contributed by atoms with van der Waals surface area (Å²) in [7, 11) is 0. The van der Waals surface area contributed by atoms with Crippen LogP contribution in [0, 0.1) is 20.8 Å². The molecule has 0 heterocycles. The number of hydrogen-bond acceptors (Lipinski definition) is 3. The molecule has 0 spiro atoms. The Morgan fingerprint density at radius 2 is 1.83 bits per heavy atom. The SMILES string of the molecule is Cc1ccc(OCCNC(=O)CSCc2ccccc2C)cc1C. The van der Waals surface area contributed by atoms with Crippen LogP contribution in [0.15, 0.2) is 42.5 Å². The van der Waals surface area contributed by atoms with Crippen molar-refractivity contribution in [1.29, 1.82) is 0 Å². The Labute approximate surface area is 148 Å². The summed E-state index contributed by atoms with van der Waals surface area (Å²) in [4.78, 5) is 11.8. The predicted molar refractivity (Wildman–Crippen MR) is 102 cm³/mol. The Hall–Kier alpha value is -1.94. The fourth-order valence-electron chi connectivity index (χ4n) is 2.24. The summed E-state index contributed by atoms with van der Waals surface area (Å²) in [6, 6.07) is 14.3. The number of hydrogen-bond donors (Lipinski definition) is 1. The third-order valence-corrected chi connectivity index (χ3v) is 4.90. The van der Waals surface area contributed by atoms with E-state index in [0.717, 1.165) is 11.5 Å². The van der Waals surface area contributed by atoms with Gasteiger partial charge in [0.25, 0.3) is 0 Å². The molecule has 3 nitrogen and oxygen atoms in total. The van der Waals surface area contributed by atoms with Gasteiger partial charge in [0, 0.05) is 5.75 Å². The Balaban J connectivity index is 1.61. The van der Waals surface area contributed by atoms with Crippen LogP contribution in [0.2, 0.25) is 0 Å². The highest BCUT2D eigenvalue weighted by Crippen LogP contribution is 2.16. The van der Waals surface area contributed by atoms with Gasteiger partial charge in [0.05, 0.1) is 12.3 Å². The van der Waals surface area contributed by atoms with Crippen molar-refractivity contribution < 1.29 is 9.53 Å². The minimum absolute atomic E-state index is 0.0530. The van der Waals surface area contributed by atoms with E-state index in [9.17, 15) is 4.79 Å². The van der Waals surface area contributed by atoms with Crippen LogP contribution in [0.25, 0.3) is 0 Å². The number of carbonyl (C=O) groups is 1. The summed E-state index contributed by atoms with van der Waals surface area (Å²) in [6.07, 6.45) is 0. The van der Waals surface area contributed by atoms with Gasteiger partial charge in [-0.2, -0.15) is 0 Å². The maximum atomic E-state index is 11.8. The van der Waals surface area contributed by atoms with Crippen LogP contribution in [0.3, 0.4) is 0 Å². The molecule has 0 saturated heterocycles. The smallest absolute Gasteiger partial charge is 0.230 e. The lowest BCUT2D eigenvalue weighted by atomic mass is 10.1. The average Bonchev–Trinajstić information content (AvgIpc) is 2.56. The van der Waals surface area contributed by atoms with Gasteiger partial charge >= 0.3 is 0 Å². The van der Waals surface area contributed by atoms with Crippen LogP contribution in [-0.2, 0) is 10.5 Å². The van der Waals surface area contributed by atoms with Crippen molar-refractivity contribution in [1.82, 2.24) is 5.32 Å². The van der Waals surface area contributed by atoms with Gasteiger partial charge in [-0.15, -0.1) is 11.8 Å². The fraction of sp³-hybridized carbons (Fsp3) is 0.350. The van der Waals surface area contributed by atoms with Crippen molar-refractivity contribution in [3.05, 3.63) is 64.7 Å². The molecule has 4 heteroatoms. The number of nitrogens with one attached hydrogen (secondary N) is 1. The quantitative estimate of drug-likeness (QED) is 0.735. The average molecular weight is 343 g/mol. The van der Waals surface area contributed by atoms with E-state index >= 15 is 0 Å². The minimum atomic E-state index is 0.0530. The topological polar surface area (TPSA) is 38.3 Å². The molecule has 0 aliphatic rings. The van der Waals surface area contributed by atoms with E-state index in [4.69, 9.17) is 4.74 Å². The molecule has 0 aliphatic carbocycles. The van der Waals surface area contributed by atoms with Crippen molar-refractivity contribution in [3.8, 4) is 5.75 Å². The van der Waals surface area contributed by atoms with E-state index < -0.39 is 0 Å². The summed E-state index contributed by atoms with van der Waals surface area (Å²) in [5.74, 6) is 2.23. The van der Waals surface area contributed by atoms with Crippen molar-refractivity contribution in [3.63, 3.8) is 0 Å². The molecule has 2 aromatic rings. The molecule has 0 fully saturated rings. The van der Waals surface area contributed by atoms with Crippen LogP contribution in [0.5, 0.6) is 5.75 Å². The highest BCUT2D eigenvalue weighted by Gasteiger charge is 2.03. The first kappa shape index (κ1) is 18.4. The van der Waals surface area contributed by atoms with E-state index in [1.54, 1.807) is 11.8 Å². The summed E-state index contributed by atoms with van der Waals surface area (Å²) in [6.45, 7) is 7.25. The van der Waals surface area contributed by atoms with E-state index in [1.165, 1.54) is 22.3 Å². The first-order valence-electron chi connectivity index (χ1n) is 8.15. The number of rotatable bonds is 8. The molecule has 24 heavy (non-hydrogen) atoms. The van der Waals surface area contributed by atoms with E-state index in [0.29, 0.717) is 18.9 Å². The van der Waals surface area contributed by atoms with Gasteiger partial charge in [0.1, 0.15) is 12.4 Å². The van der Waals surface area contributed by atoms with Crippen molar-refractivity contribution in [2.24, 2.45) is 0 Å². The van der Waals surface area contributed by atoms with Crippen LogP contribution in [0.1, 0.15) is 22.3 Å². The maximum Gasteiger partial charge on any atom is 0.230 e. The zero-order valence-corrected chi connectivity index (χ0v) is 15.4. The number of benzene rings is 2. The molecule has 0 aliphatic heterocycles. The number of thioether (sulfide) groups is 1. The summed E-state index contributed by atoms with van der Waals surface area (Å²) in [5.41, 5.74) is 5.02. The third-order valence-electron chi connectivity index (χ3n) is 3.92. The summed E-state index contributed by atoms with van der Waals surface area (Å²) < 4.78 is 5.66. The summed E-state index contributed by atoms with van der Waals surface area (Å²) >= 11 is 1.63. The molecule has 0 bridgehead atoms. The second kappa shape index (κ2) is 9.38. The Morgan fingerprint density at radius 3 is 2.58 bits per heavy atom. The standard InChI is InChI=1S/C20H25NO2S/c1-15-8-9-19(12-17(15)3)23-11-10-21-20(22)14-24-13-18-7-5-4-6-16(18)2/h4-9,12H,10-11,13-14H2,1-3H3,(H,21,22). The zero-order chi connectivity index (χ0) is 17.4. The largest absolute Gasteiger partial charge is 0.492 e. The van der Waals surface area contributed by atoms with Gasteiger partial charge in [-0.05, 0) is 55.2 Å². The molecule has 2 aromatic carbocycles. The van der Waals surface area contributed by atoms with Gasteiger partial charge in [0.15, 0.2) is 0 Å². The maximum absolute atomic E-state index is 11.8. The predicted octanol–water partition coefficient (Wildman–Crippen LogP) is 4.04. The third kappa shape index (κ3) is 5.93. The number of ether oxygens (including phenoxy) is 1. The minimum Gasteiger partial charge on any atom is -0.492 e. The second-order valence-electron chi connectivity index (χ2n) is 5.86. The van der Waals surface area contributed by atoms with E-state index in [2.05, 4.69) is 38.2 Å². The molecule has 128 valence electrons. The number of aryl methyl sites for hydroxylation is 3. The lowest BCUT2D eigenvalue weighted by Gasteiger charge is -2.09. The van der Waals surface area contributed by atoms with Gasteiger partial charge in [-0.3, -0.25) is 4.79 Å². The van der Waals surface area contributed by atoms with Gasteiger partial charge in [-0.25, -0.2) is 0 Å². The van der Waals surface area contributed by atoms with Gasteiger partial charge in [0.2, 0.25) is 5.91 Å². The molecule has 0 aromatic heterocycles. The number of amides is 1.